The van der Waals surface area contributed by atoms with E-state index in [9.17, 15) is 8.42 Å². The molecule has 0 radical (unpaired) electrons. The Morgan fingerprint density at radius 2 is 2.05 bits per heavy atom. The average molecular weight is 308 g/mol. The summed E-state index contributed by atoms with van der Waals surface area (Å²) >= 11 is 0. The summed E-state index contributed by atoms with van der Waals surface area (Å²) < 4.78 is 24.5. The third-order valence-electron chi connectivity index (χ3n) is 4.84. The zero-order valence-corrected chi connectivity index (χ0v) is 13.2. The van der Waals surface area contributed by atoms with Gasteiger partial charge in [0.15, 0.2) is 9.84 Å². The van der Waals surface area contributed by atoms with Gasteiger partial charge in [0, 0.05) is 12.6 Å². The van der Waals surface area contributed by atoms with Crippen LogP contribution in [0.2, 0.25) is 0 Å². The van der Waals surface area contributed by atoms with Crippen LogP contribution in [0.25, 0.3) is 0 Å². The van der Waals surface area contributed by atoms with Gasteiger partial charge in [-0.3, -0.25) is 4.90 Å². The Labute approximate surface area is 127 Å². The second kappa shape index (κ2) is 6.07. The molecule has 1 aromatic rings. The zero-order valence-electron chi connectivity index (χ0n) is 12.4. The molecule has 0 saturated carbocycles. The number of nitrogens with two attached hydrogens (primary N) is 1. The van der Waals surface area contributed by atoms with Crippen molar-refractivity contribution in [1.29, 1.82) is 0 Å². The van der Waals surface area contributed by atoms with Gasteiger partial charge in [-0.15, -0.1) is 0 Å². The van der Waals surface area contributed by atoms with Crippen LogP contribution in [0.4, 0.5) is 0 Å². The summed E-state index contributed by atoms with van der Waals surface area (Å²) in [4.78, 5) is 3.03. The molecule has 0 spiro atoms. The van der Waals surface area contributed by atoms with E-state index >= 15 is 0 Å². The van der Waals surface area contributed by atoms with Crippen molar-refractivity contribution in [3.8, 4) is 0 Å². The van der Waals surface area contributed by atoms with Crippen molar-refractivity contribution < 1.29 is 8.42 Å². The van der Waals surface area contributed by atoms with E-state index in [1.807, 2.05) is 18.2 Å². The van der Waals surface area contributed by atoms with Gasteiger partial charge < -0.3 is 5.73 Å². The van der Waals surface area contributed by atoms with E-state index in [4.69, 9.17) is 5.73 Å². The molecule has 0 aromatic heterocycles. The maximum Gasteiger partial charge on any atom is 0.178 e. The third-order valence-corrected chi connectivity index (χ3v) is 6.65. The second-order valence-corrected chi connectivity index (χ2v) is 8.32. The van der Waals surface area contributed by atoms with Crippen molar-refractivity contribution in [2.24, 2.45) is 11.7 Å². The lowest BCUT2D eigenvalue weighted by Crippen LogP contribution is -2.41. The Morgan fingerprint density at radius 1 is 1.24 bits per heavy atom. The molecule has 1 aromatic carbocycles. The first-order valence-corrected chi connectivity index (χ1v) is 9.53. The lowest BCUT2D eigenvalue weighted by atomic mass is 9.91. The van der Waals surface area contributed by atoms with E-state index in [-0.39, 0.29) is 11.8 Å². The molecule has 2 atom stereocenters. The second-order valence-electron chi connectivity index (χ2n) is 6.24. The average Bonchev–Trinajstić information content (AvgIpc) is 2.48. The van der Waals surface area contributed by atoms with E-state index in [2.05, 4.69) is 4.90 Å². The van der Waals surface area contributed by atoms with Gasteiger partial charge in [-0.2, -0.15) is 0 Å². The highest BCUT2D eigenvalue weighted by Gasteiger charge is 2.34. The van der Waals surface area contributed by atoms with Gasteiger partial charge in [-0.05, 0) is 56.3 Å². The lowest BCUT2D eigenvalue weighted by Gasteiger charge is -2.40. The topological polar surface area (TPSA) is 63.4 Å². The fraction of sp³-hybridized carbons (Fsp3) is 0.625. The summed E-state index contributed by atoms with van der Waals surface area (Å²) in [6.07, 6.45) is 4.23. The summed E-state index contributed by atoms with van der Waals surface area (Å²) in [5.41, 5.74) is 6.69. The number of fused-ring (bicyclic) bond motifs is 1. The first-order valence-electron chi connectivity index (χ1n) is 7.87. The molecule has 2 aliphatic heterocycles. The fourth-order valence-electron chi connectivity index (χ4n) is 3.80. The Hall–Kier alpha value is -0.910. The van der Waals surface area contributed by atoms with Gasteiger partial charge >= 0.3 is 0 Å². The Kier molecular flexibility index (Phi) is 4.33. The molecule has 0 aliphatic carbocycles. The number of hydrogen-bond donors (Lipinski definition) is 1. The minimum Gasteiger partial charge on any atom is -0.330 e. The van der Waals surface area contributed by atoms with E-state index in [1.165, 1.54) is 12.8 Å². The molecular weight excluding hydrogens is 284 g/mol. The minimum absolute atomic E-state index is 0.255. The van der Waals surface area contributed by atoms with E-state index in [1.54, 1.807) is 6.07 Å². The number of nitrogens with zero attached hydrogens (tertiary/aromatic N) is 1. The first-order chi connectivity index (χ1) is 10.1. The molecular formula is C16H24N2O2S. The van der Waals surface area contributed by atoms with Crippen LogP contribution < -0.4 is 5.73 Å². The van der Waals surface area contributed by atoms with Crippen LogP contribution in [0.3, 0.4) is 0 Å². The summed E-state index contributed by atoms with van der Waals surface area (Å²) in [7, 11) is -3.08. The molecule has 1 fully saturated rings. The minimum atomic E-state index is -3.08. The monoisotopic (exact) mass is 308 g/mol. The Morgan fingerprint density at radius 3 is 2.86 bits per heavy atom. The molecule has 2 heterocycles. The molecule has 3 rings (SSSR count). The molecule has 116 valence electrons. The van der Waals surface area contributed by atoms with E-state index in [0.29, 0.717) is 17.2 Å². The van der Waals surface area contributed by atoms with Crippen LogP contribution >= 0.6 is 0 Å². The normalized spacial score (nSPS) is 29.0. The van der Waals surface area contributed by atoms with Crippen molar-refractivity contribution >= 4 is 9.84 Å². The SMILES string of the molecule is NCCC1CCCN(C2CCS(=O)(=O)c3ccccc32)C1. The molecule has 5 heteroatoms. The highest BCUT2D eigenvalue weighted by molar-refractivity contribution is 7.91. The van der Waals surface area contributed by atoms with Crippen LogP contribution in [0.15, 0.2) is 29.2 Å². The quantitative estimate of drug-likeness (QED) is 0.927. The van der Waals surface area contributed by atoms with E-state index < -0.39 is 9.84 Å². The van der Waals surface area contributed by atoms with Crippen LogP contribution in [-0.4, -0.2) is 38.7 Å². The largest absolute Gasteiger partial charge is 0.330 e. The van der Waals surface area contributed by atoms with Crippen LogP contribution in [-0.2, 0) is 9.84 Å². The molecule has 0 amide bonds. The Bertz CT molecular complexity index is 598. The summed E-state index contributed by atoms with van der Waals surface area (Å²) in [5, 5.41) is 0. The van der Waals surface area contributed by atoms with Crippen molar-refractivity contribution in [1.82, 2.24) is 4.90 Å². The van der Waals surface area contributed by atoms with Crippen molar-refractivity contribution in [3.05, 3.63) is 29.8 Å². The summed E-state index contributed by atoms with van der Waals surface area (Å²) in [5.74, 6) is 0.932. The predicted octanol–water partition coefficient (Wildman–Crippen LogP) is 1.97. The number of hydrogen-bond acceptors (Lipinski definition) is 4. The van der Waals surface area contributed by atoms with Gasteiger partial charge in [0.2, 0.25) is 0 Å². The highest BCUT2D eigenvalue weighted by atomic mass is 32.2. The van der Waals surface area contributed by atoms with Gasteiger partial charge in [0.25, 0.3) is 0 Å². The molecule has 0 bridgehead atoms. The fourth-order valence-corrected chi connectivity index (χ4v) is 5.40. The van der Waals surface area contributed by atoms with Gasteiger partial charge in [0.1, 0.15) is 0 Å². The van der Waals surface area contributed by atoms with Crippen molar-refractivity contribution in [3.63, 3.8) is 0 Å². The summed E-state index contributed by atoms with van der Waals surface area (Å²) in [6.45, 7) is 2.87. The van der Waals surface area contributed by atoms with Crippen LogP contribution in [0, 0.1) is 5.92 Å². The number of benzene rings is 1. The molecule has 4 nitrogen and oxygen atoms in total. The third kappa shape index (κ3) is 3.00. The molecule has 21 heavy (non-hydrogen) atoms. The molecule has 2 unspecified atom stereocenters. The maximum atomic E-state index is 12.2. The van der Waals surface area contributed by atoms with Crippen molar-refractivity contribution in [2.45, 2.75) is 36.6 Å². The van der Waals surface area contributed by atoms with Crippen LogP contribution in [0.1, 0.15) is 37.3 Å². The lowest BCUT2D eigenvalue weighted by molar-refractivity contribution is 0.114. The number of sulfone groups is 1. The van der Waals surface area contributed by atoms with Gasteiger partial charge in [-0.1, -0.05) is 18.2 Å². The molecule has 2 aliphatic rings. The van der Waals surface area contributed by atoms with Gasteiger partial charge in [0.05, 0.1) is 10.6 Å². The van der Waals surface area contributed by atoms with E-state index in [0.717, 1.165) is 31.6 Å². The van der Waals surface area contributed by atoms with Crippen molar-refractivity contribution in [2.75, 3.05) is 25.4 Å². The van der Waals surface area contributed by atoms with Crippen LogP contribution in [0.5, 0.6) is 0 Å². The summed E-state index contributed by atoms with van der Waals surface area (Å²) in [6, 6.07) is 7.78. The Balaban J connectivity index is 1.86. The molecule has 1 saturated heterocycles. The number of rotatable bonds is 3. The number of piperidine rings is 1. The smallest absolute Gasteiger partial charge is 0.178 e. The highest BCUT2D eigenvalue weighted by Crippen LogP contribution is 2.38. The van der Waals surface area contributed by atoms with Gasteiger partial charge in [-0.25, -0.2) is 8.42 Å². The molecule has 2 N–H and O–H groups in total. The predicted molar refractivity (Wildman–Crippen MR) is 83.8 cm³/mol. The number of likely N-dealkylation sites (tertiary alicyclic amines) is 1. The standard InChI is InChI=1S/C16H24N2O2S/c17-9-7-13-4-3-10-18(12-13)15-8-11-21(19,20)16-6-2-1-5-14(15)16/h1-2,5-6,13,15H,3-4,7-12,17H2. The zero-order chi connectivity index (χ0) is 14.9. The first kappa shape index (κ1) is 15.0. The maximum absolute atomic E-state index is 12.2.